The molecule has 1 saturated heterocycles. The molecule has 0 bridgehead atoms. The Bertz CT molecular complexity index is 624. The van der Waals surface area contributed by atoms with Gasteiger partial charge in [-0.3, -0.25) is 0 Å². The highest BCUT2D eigenvalue weighted by molar-refractivity contribution is 8.00. The normalized spacial score (nSPS) is 18.4. The maximum Gasteiger partial charge on any atom is 0.129 e. The Morgan fingerprint density at radius 1 is 1.35 bits per heavy atom. The molecular weight excluding hydrogens is 266 g/mol. The summed E-state index contributed by atoms with van der Waals surface area (Å²) in [7, 11) is 0. The quantitative estimate of drug-likeness (QED) is 0.922. The highest BCUT2D eigenvalue weighted by Gasteiger charge is 2.28. The Labute approximate surface area is 124 Å². The van der Waals surface area contributed by atoms with Crippen molar-refractivity contribution < 1.29 is 0 Å². The predicted octanol–water partition coefficient (Wildman–Crippen LogP) is 3.03. The zero-order valence-electron chi connectivity index (χ0n) is 12.1. The molecule has 1 aliphatic heterocycles. The van der Waals surface area contributed by atoms with Crippen LogP contribution in [0, 0.1) is 0 Å². The number of hydrogen-bond acceptors (Lipinski definition) is 4. The van der Waals surface area contributed by atoms with E-state index in [1.54, 1.807) is 0 Å². The van der Waals surface area contributed by atoms with Gasteiger partial charge in [-0.1, -0.05) is 18.2 Å². The van der Waals surface area contributed by atoms with Crippen LogP contribution in [0.2, 0.25) is 0 Å². The number of fused-ring (bicyclic) bond motifs is 1. The largest absolute Gasteiger partial charge is 0.354 e. The van der Waals surface area contributed by atoms with Crippen LogP contribution in [0.15, 0.2) is 30.3 Å². The molecule has 0 atom stereocenters. The van der Waals surface area contributed by atoms with Crippen molar-refractivity contribution in [3.05, 3.63) is 35.9 Å². The van der Waals surface area contributed by atoms with Crippen molar-refractivity contribution in [1.82, 2.24) is 4.98 Å². The Morgan fingerprint density at radius 2 is 2.15 bits per heavy atom. The summed E-state index contributed by atoms with van der Waals surface area (Å²) in [5.74, 6) is 2.22. The lowest BCUT2D eigenvalue weighted by Crippen LogP contribution is -2.43. The first-order valence-corrected chi connectivity index (χ1v) is 8.05. The lowest BCUT2D eigenvalue weighted by atomic mass is 10.1. The number of benzene rings is 1. The second-order valence-corrected chi connectivity index (χ2v) is 7.69. The smallest absolute Gasteiger partial charge is 0.129 e. The summed E-state index contributed by atoms with van der Waals surface area (Å²) in [6.45, 7) is 7.25. The van der Waals surface area contributed by atoms with E-state index in [1.807, 2.05) is 23.9 Å². The minimum atomic E-state index is 0.286. The van der Waals surface area contributed by atoms with Crippen LogP contribution in [0.1, 0.15) is 19.4 Å². The van der Waals surface area contributed by atoms with Gasteiger partial charge in [0.1, 0.15) is 5.82 Å². The fourth-order valence-electron chi connectivity index (χ4n) is 2.77. The summed E-state index contributed by atoms with van der Waals surface area (Å²) < 4.78 is 0.286. The number of thioether (sulfide) groups is 1. The van der Waals surface area contributed by atoms with Crippen molar-refractivity contribution in [3.63, 3.8) is 0 Å². The summed E-state index contributed by atoms with van der Waals surface area (Å²) in [5, 5.41) is 1.17. The van der Waals surface area contributed by atoms with Gasteiger partial charge in [0.2, 0.25) is 0 Å². The van der Waals surface area contributed by atoms with Crippen LogP contribution in [0.5, 0.6) is 0 Å². The van der Waals surface area contributed by atoms with Crippen molar-refractivity contribution in [1.29, 1.82) is 0 Å². The number of pyridine rings is 1. The van der Waals surface area contributed by atoms with Crippen LogP contribution in [0.25, 0.3) is 10.9 Å². The summed E-state index contributed by atoms with van der Waals surface area (Å²) in [6.07, 6.45) is 0. The average Bonchev–Trinajstić information content (AvgIpc) is 2.45. The molecule has 0 aliphatic carbocycles. The SMILES string of the molecule is CC1(C)CN(c2cc(CN)c3ccccc3n2)CCS1. The third-order valence-electron chi connectivity index (χ3n) is 3.76. The molecule has 2 heterocycles. The summed E-state index contributed by atoms with van der Waals surface area (Å²) >= 11 is 2.04. The van der Waals surface area contributed by atoms with Gasteiger partial charge >= 0.3 is 0 Å². The molecule has 3 rings (SSSR count). The van der Waals surface area contributed by atoms with Gasteiger partial charge in [0.25, 0.3) is 0 Å². The standard InChI is InChI=1S/C16H21N3S/c1-16(2)11-19(7-8-20-16)15-9-12(10-17)13-5-3-4-6-14(13)18-15/h3-6,9H,7-8,10-11,17H2,1-2H3. The van der Waals surface area contributed by atoms with E-state index in [0.29, 0.717) is 6.54 Å². The highest BCUT2D eigenvalue weighted by atomic mass is 32.2. The van der Waals surface area contributed by atoms with Crippen molar-refractivity contribution in [2.24, 2.45) is 5.73 Å². The average molecular weight is 287 g/mol. The topological polar surface area (TPSA) is 42.1 Å². The van der Waals surface area contributed by atoms with Gasteiger partial charge in [-0.25, -0.2) is 4.98 Å². The van der Waals surface area contributed by atoms with Crippen molar-refractivity contribution in [3.8, 4) is 0 Å². The van der Waals surface area contributed by atoms with E-state index < -0.39 is 0 Å². The van der Waals surface area contributed by atoms with Crippen LogP contribution < -0.4 is 10.6 Å². The van der Waals surface area contributed by atoms with Gasteiger partial charge in [-0.05, 0) is 31.5 Å². The van der Waals surface area contributed by atoms with E-state index in [4.69, 9.17) is 10.7 Å². The minimum absolute atomic E-state index is 0.286. The van der Waals surface area contributed by atoms with Gasteiger partial charge in [0.05, 0.1) is 5.52 Å². The van der Waals surface area contributed by atoms with E-state index >= 15 is 0 Å². The van der Waals surface area contributed by atoms with Crippen LogP contribution in [-0.2, 0) is 6.54 Å². The van der Waals surface area contributed by atoms with E-state index in [0.717, 1.165) is 30.2 Å². The number of anilines is 1. The number of para-hydroxylation sites is 1. The van der Waals surface area contributed by atoms with Gasteiger partial charge in [0.15, 0.2) is 0 Å². The molecule has 20 heavy (non-hydrogen) atoms. The zero-order chi connectivity index (χ0) is 14.2. The molecule has 0 radical (unpaired) electrons. The third-order valence-corrected chi connectivity index (χ3v) is 5.06. The maximum absolute atomic E-state index is 5.92. The fourth-order valence-corrected chi connectivity index (χ4v) is 3.89. The Kier molecular flexibility index (Phi) is 3.61. The van der Waals surface area contributed by atoms with E-state index in [-0.39, 0.29) is 4.75 Å². The lowest BCUT2D eigenvalue weighted by molar-refractivity contribution is 0.643. The molecule has 4 heteroatoms. The Morgan fingerprint density at radius 3 is 2.90 bits per heavy atom. The number of aromatic nitrogens is 1. The molecule has 2 aromatic rings. The molecular formula is C16H21N3S. The van der Waals surface area contributed by atoms with Gasteiger partial charge in [-0.15, -0.1) is 0 Å². The third kappa shape index (κ3) is 2.63. The van der Waals surface area contributed by atoms with Gasteiger partial charge in [-0.2, -0.15) is 11.8 Å². The summed E-state index contributed by atoms with van der Waals surface area (Å²) in [4.78, 5) is 7.23. The first-order valence-electron chi connectivity index (χ1n) is 7.07. The molecule has 0 amide bonds. The lowest BCUT2D eigenvalue weighted by Gasteiger charge is -2.38. The number of nitrogens with two attached hydrogens (primary N) is 1. The number of hydrogen-bond donors (Lipinski definition) is 1. The summed E-state index contributed by atoms with van der Waals surface area (Å²) in [5.41, 5.74) is 8.14. The molecule has 3 nitrogen and oxygen atoms in total. The Balaban J connectivity index is 2.03. The Hall–Kier alpha value is -1.26. The number of nitrogens with zero attached hydrogens (tertiary/aromatic N) is 2. The second-order valence-electron chi connectivity index (χ2n) is 5.89. The van der Waals surface area contributed by atoms with Crippen LogP contribution >= 0.6 is 11.8 Å². The van der Waals surface area contributed by atoms with Crippen molar-refractivity contribution in [2.45, 2.75) is 25.1 Å². The fraction of sp³-hybridized carbons (Fsp3) is 0.438. The van der Waals surface area contributed by atoms with Crippen molar-refractivity contribution in [2.75, 3.05) is 23.7 Å². The first kappa shape index (κ1) is 13.7. The molecule has 0 unspecified atom stereocenters. The van der Waals surface area contributed by atoms with Gasteiger partial charge in [0, 0.05) is 35.5 Å². The molecule has 106 valence electrons. The van der Waals surface area contributed by atoms with Crippen molar-refractivity contribution >= 4 is 28.5 Å². The number of rotatable bonds is 2. The molecule has 1 aliphatic rings. The zero-order valence-corrected chi connectivity index (χ0v) is 12.9. The summed E-state index contributed by atoms with van der Waals surface area (Å²) in [6, 6.07) is 10.4. The maximum atomic E-state index is 5.92. The monoisotopic (exact) mass is 287 g/mol. The van der Waals surface area contributed by atoms with Crippen LogP contribution in [0.3, 0.4) is 0 Å². The minimum Gasteiger partial charge on any atom is -0.354 e. The first-order chi connectivity index (χ1) is 9.59. The second kappa shape index (κ2) is 5.26. The molecule has 0 spiro atoms. The van der Waals surface area contributed by atoms with E-state index in [1.165, 1.54) is 10.9 Å². The van der Waals surface area contributed by atoms with E-state index in [9.17, 15) is 0 Å². The van der Waals surface area contributed by atoms with E-state index in [2.05, 4.69) is 36.9 Å². The van der Waals surface area contributed by atoms with Crippen LogP contribution in [0.4, 0.5) is 5.82 Å². The molecule has 1 fully saturated rings. The predicted molar refractivity (Wildman–Crippen MR) is 88.4 cm³/mol. The molecule has 1 aromatic heterocycles. The van der Waals surface area contributed by atoms with Gasteiger partial charge < -0.3 is 10.6 Å². The molecule has 0 saturated carbocycles. The van der Waals surface area contributed by atoms with Crippen LogP contribution in [-0.4, -0.2) is 28.6 Å². The molecule has 1 aromatic carbocycles. The highest BCUT2D eigenvalue weighted by Crippen LogP contribution is 2.32. The molecule has 2 N–H and O–H groups in total.